The van der Waals surface area contributed by atoms with Gasteiger partial charge >= 0.3 is 0 Å². The Morgan fingerprint density at radius 3 is 2.77 bits per heavy atom. The van der Waals surface area contributed by atoms with Crippen LogP contribution in [0.2, 0.25) is 5.02 Å². The second-order valence-corrected chi connectivity index (χ2v) is 5.90. The van der Waals surface area contributed by atoms with Crippen LogP contribution in [0.3, 0.4) is 0 Å². The zero-order valence-corrected chi connectivity index (χ0v) is 12.7. The Morgan fingerprint density at radius 2 is 2.00 bits per heavy atom. The van der Waals surface area contributed by atoms with Crippen molar-refractivity contribution in [3.63, 3.8) is 0 Å². The quantitative estimate of drug-likeness (QED) is 0.728. The number of benzene rings is 1. The molecule has 0 amide bonds. The van der Waals surface area contributed by atoms with Crippen LogP contribution in [-0.2, 0) is 0 Å². The number of hydrogen-bond acceptors (Lipinski definition) is 5. The average Bonchev–Trinajstić information content (AvgIpc) is 3.09. The van der Waals surface area contributed by atoms with Crippen LogP contribution in [0.25, 0.3) is 10.9 Å². The molecule has 1 saturated heterocycles. The van der Waals surface area contributed by atoms with E-state index < -0.39 is 0 Å². The number of rotatable bonds is 2. The molecule has 0 unspecified atom stereocenters. The van der Waals surface area contributed by atoms with Gasteiger partial charge in [0.05, 0.1) is 17.8 Å². The summed E-state index contributed by atoms with van der Waals surface area (Å²) in [6.07, 6.45) is 7.33. The van der Waals surface area contributed by atoms with Gasteiger partial charge in [-0.1, -0.05) is 16.8 Å². The number of anilines is 1. The zero-order valence-electron chi connectivity index (χ0n) is 11.9. The molecule has 0 N–H and O–H groups in total. The van der Waals surface area contributed by atoms with Gasteiger partial charge in [0.2, 0.25) is 0 Å². The van der Waals surface area contributed by atoms with Crippen molar-refractivity contribution in [1.29, 1.82) is 0 Å². The van der Waals surface area contributed by atoms with Crippen molar-refractivity contribution in [1.82, 2.24) is 25.0 Å². The van der Waals surface area contributed by atoms with Gasteiger partial charge in [0.1, 0.15) is 12.1 Å². The van der Waals surface area contributed by atoms with Gasteiger partial charge in [-0.25, -0.2) is 14.6 Å². The van der Waals surface area contributed by atoms with E-state index in [1.54, 1.807) is 12.5 Å². The summed E-state index contributed by atoms with van der Waals surface area (Å²) in [5.74, 6) is 0.985. The topological polar surface area (TPSA) is 59.7 Å². The van der Waals surface area contributed by atoms with Crippen molar-refractivity contribution in [2.24, 2.45) is 0 Å². The highest BCUT2D eigenvalue weighted by molar-refractivity contribution is 6.31. The Bertz CT molecular complexity index is 780. The first-order valence-electron chi connectivity index (χ1n) is 7.32. The molecule has 1 aliphatic rings. The van der Waals surface area contributed by atoms with Crippen LogP contribution < -0.4 is 4.90 Å². The number of aromatic nitrogens is 5. The summed E-state index contributed by atoms with van der Waals surface area (Å²) in [6.45, 7) is 1.89. The van der Waals surface area contributed by atoms with Gasteiger partial charge in [-0.2, -0.15) is 0 Å². The van der Waals surface area contributed by atoms with Crippen LogP contribution in [0.1, 0.15) is 18.9 Å². The van der Waals surface area contributed by atoms with Crippen LogP contribution in [0.5, 0.6) is 0 Å². The molecule has 0 aliphatic carbocycles. The monoisotopic (exact) mass is 314 g/mol. The number of nitrogens with zero attached hydrogens (tertiary/aromatic N) is 6. The molecule has 112 valence electrons. The van der Waals surface area contributed by atoms with Crippen molar-refractivity contribution in [2.75, 3.05) is 18.0 Å². The van der Waals surface area contributed by atoms with Gasteiger partial charge in [-0.15, -0.1) is 5.10 Å². The third kappa shape index (κ3) is 2.39. The molecule has 0 atom stereocenters. The second-order valence-electron chi connectivity index (χ2n) is 5.46. The lowest BCUT2D eigenvalue weighted by Crippen LogP contribution is -2.35. The van der Waals surface area contributed by atoms with Gasteiger partial charge in [-0.3, -0.25) is 0 Å². The molecule has 3 aromatic rings. The molecule has 0 spiro atoms. The van der Waals surface area contributed by atoms with Gasteiger partial charge < -0.3 is 4.90 Å². The van der Waals surface area contributed by atoms with Gasteiger partial charge in [-0.05, 0) is 31.0 Å². The largest absolute Gasteiger partial charge is 0.356 e. The normalized spacial score (nSPS) is 16.3. The predicted octanol–water partition coefficient (Wildman–Crippen LogP) is 2.72. The van der Waals surface area contributed by atoms with Crippen molar-refractivity contribution in [3.8, 4) is 0 Å². The minimum absolute atomic E-state index is 0.418. The summed E-state index contributed by atoms with van der Waals surface area (Å²) >= 11 is 6.04. The molecular weight excluding hydrogens is 300 g/mol. The number of fused-ring (bicyclic) bond motifs is 1. The lowest BCUT2D eigenvalue weighted by Gasteiger charge is -2.33. The maximum Gasteiger partial charge on any atom is 0.139 e. The average molecular weight is 315 g/mol. The highest BCUT2D eigenvalue weighted by Gasteiger charge is 2.23. The molecule has 1 aliphatic heterocycles. The molecule has 0 radical (unpaired) electrons. The molecule has 22 heavy (non-hydrogen) atoms. The molecule has 1 aromatic carbocycles. The molecule has 4 rings (SSSR count). The number of hydrogen-bond donors (Lipinski definition) is 0. The maximum atomic E-state index is 6.04. The first-order valence-corrected chi connectivity index (χ1v) is 7.70. The van der Waals surface area contributed by atoms with Gasteiger partial charge in [0.25, 0.3) is 0 Å². The van der Waals surface area contributed by atoms with E-state index >= 15 is 0 Å². The lowest BCUT2D eigenvalue weighted by atomic mass is 10.0. The zero-order chi connectivity index (χ0) is 14.9. The molecule has 7 heteroatoms. The highest BCUT2D eigenvalue weighted by atomic mass is 35.5. The maximum absolute atomic E-state index is 6.04. The van der Waals surface area contributed by atoms with Crippen molar-refractivity contribution >= 4 is 28.3 Å². The van der Waals surface area contributed by atoms with Gasteiger partial charge in [0.15, 0.2) is 0 Å². The van der Waals surface area contributed by atoms with E-state index in [2.05, 4.69) is 25.2 Å². The van der Waals surface area contributed by atoms with Crippen LogP contribution in [-0.4, -0.2) is 38.1 Å². The van der Waals surface area contributed by atoms with E-state index in [-0.39, 0.29) is 0 Å². The molecule has 0 bridgehead atoms. The van der Waals surface area contributed by atoms with E-state index in [0.29, 0.717) is 11.1 Å². The minimum atomic E-state index is 0.418. The van der Waals surface area contributed by atoms with Crippen LogP contribution >= 0.6 is 11.6 Å². The molecule has 6 nitrogen and oxygen atoms in total. The summed E-state index contributed by atoms with van der Waals surface area (Å²) < 4.78 is 1.95. The Balaban J connectivity index is 1.59. The van der Waals surface area contributed by atoms with Crippen molar-refractivity contribution < 1.29 is 0 Å². The first kappa shape index (κ1) is 13.5. The fraction of sp³-hybridized carbons (Fsp3) is 0.333. The van der Waals surface area contributed by atoms with E-state index in [9.17, 15) is 0 Å². The van der Waals surface area contributed by atoms with Crippen LogP contribution in [0.4, 0.5) is 5.82 Å². The number of halogens is 1. The highest BCUT2D eigenvalue weighted by Crippen LogP contribution is 2.29. The SMILES string of the molecule is Clc1ccc2c(N3CCC(n4ccnn4)CC3)ncnc2c1. The number of piperidine rings is 1. The fourth-order valence-corrected chi connectivity index (χ4v) is 3.19. The van der Waals surface area contributed by atoms with E-state index in [0.717, 1.165) is 42.7 Å². The summed E-state index contributed by atoms with van der Waals surface area (Å²) in [4.78, 5) is 11.1. The summed E-state index contributed by atoms with van der Waals surface area (Å²) in [5, 5.41) is 9.74. The summed E-state index contributed by atoms with van der Waals surface area (Å²) in [5.41, 5.74) is 0.885. The smallest absolute Gasteiger partial charge is 0.139 e. The molecular formula is C15H15ClN6. The fourth-order valence-electron chi connectivity index (χ4n) is 3.02. The predicted molar refractivity (Wildman–Crippen MR) is 85.1 cm³/mol. The second kappa shape index (κ2) is 5.53. The van der Waals surface area contributed by atoms with Crippen molar-refractivity contribution in [2.45, 2.75) is 18.9 Å². The Labute approximate surface area is 132 Å². The van der Waals surface area contributed by atoms with Crippen LogP contribution in [0, 0.1) is 0 Å². The molecule has 1 fully saturated rings. The van der Waals surface area contributed by atoms with Crippen molar-refractivity contribution in [3.05, 3.63) is 41.9 Å². The summed E-state index contributed by atoms with van der Waals surface area (Å²) in [6, 6.07) is 6.18. The van der Waals surface area contributed by atoms with Crippen LogP contribution in [0.15, 0.2) is 36.9 Å². The first-order chi connectivity index (χ1) is 10.8. The van der Waals surface area contributed by atoms with E-state index in [4.69, 9.17) is 11.6 Å². The third-order valence-electron chi connectivity index (χ3n) is 4.16. The van der Waals surface area contributed by atoms with Gasteiger partial charge in [0, 0.05) is 29.7 Å². The van der Waals surface area contributed by atoms with E-state index in [1.807, 2.05) is 29.1 Å². The molecule has 2 aromatic heterocycles. The molecule has 3 heterocycles. The molecule has 0 saturated carbocycles. The standard InChI is InChI=1S/C15H15ClN6/c16-11-1-2-13-14(9-11)17-10-18-15(13)21-6-3-12(4-7-21)22-8-5-19-20-22/h1-2,5,8-10,12H,3-4,6-7H2. The lowest BCUT2D eigenvalue weighted by molar-refractivity contribution is 0.359. The third-order valence-corrected chi connectivity index (χ3v) is 4.39. The Morgan fingerprint density at radius 1 is 1.14 bits per heavy atom. The van der Waals surface area contributed by atoms with E-state index in [1.165, 1.54) is 0 Å². The Hall–Kier alpha value is -2.21. The Kier molecular flexibility index (Phi) is 3.38. The minimum Gasteiger partial charge on any atom is -0.356 e. The summed E-state index contributed by atoms with van der Waals surface area (Å²) in [7, 11) is 0.